The van der Waals surface area contributed by atoms with Gasteiger partial charge in [0, 0.05) is 36.8 Å². The number of nitrogens with zero attached hydrogens (tertiary/aromatic N) is 2. The molecule has 1 N–H and O–H groups in total. The summed E-state index contributed by atoms with van der Waals surface area (Å²) in [5, 5.41) is 12.3. The average Bonchev–Trinajstić information content (AvgIpc) is 2.99. The average molecular weight is 243 g/mol. The molecule has 0 spiro atoms. The molecule has 1 fully saturated rings. The summed E-state index contributed by atoms with van der Waals surface area (Å²) in [4.78, 5) is 0. The van der Waals surface area contributed by atoms with Gasteiger partial charge in [0.1, 0.15) is 0 Å². The van der Waals surface area contributed by atoms with E-state index in [2.05, 4.69) is 35.4 Å². The molecule has 0 aliphatic heterocycles. The van der Waals surface area contributed by atoms with E-state index in [1.54, 1.807) is 0 Å². The quantitative estimate of drug-likeness (QED) is 0.883. The van der Waals surface area contributed by atoms with Crippen molar-refractivity contribution in [2.75, 3.05) is 7.05 Å². The molecule has 0 amide bonds. The number of hydrogen-bond donors (Lipinski definition) is 1. The highest BCUT2D eigenvalue weighted by atomic mass is 15.0. The summed E-state index contributed by atoms with van der Waals surface area (Å²) in [6, 6.07) is 2.88. The van der Waals surface area contributed by atoms with Crippen LogP contribution in [0, 0.1) is 16.7 Å². The molecule has 0 radical (unpaired) electrons. The minimum Gasteiger partial charge on any atom is -0.353 e. The molecule has 3 rings (SSSR count). The minimum absolute atomic E-state index is 0.297. The molecule has 0 bridgehead atoms. The van der Waals surface area contributed by atoms with E-state index in [0.29, 0.717) is 17.9 Å². The second kappa shape index (κ2) is 4.44. The maximum Gasteiger partial charge on any atom is 0.0628 e. The van der Waals surface area contributed by atoms with Crippen molar-refractivity contribution in [3.63, 3.8) is 0 Å². The van der Waals surface area contributed by atoms with Gasteiger partial charge in [-0.05, 0) is 50.3 Å². The van der Waals surface area contributed by atoms with Crippen molar-refractivity contribution in [2.24, 2.45) is 5.41 Å². The van der Waals surface area contributed by atoms with E-state index in [1.807, 2.05) is 0 Å². The maximum absolute atomic E-state index is 8.89. The number of nitriles is 1. The molecule has 1 atom stereocenters. The third-order valence-electron chi connectivity index (χ3n) is 4.59. The van der Waals surface area contributed by atoms with E-state index >= 15 is 0 Å². The van der Waals surface area contributed by atoms with Crippen LogP contribution in [-0.2, 0) is 13.0 Å². The van der Waals surface area contributed by atoms with E-state index in [1.165, 1.54) is 43.2 Å². The molecule has 0 saturated heterocycles. The Morgan fingerprint density at radius 2 is 2.33 bits per heavy atom. The Kier molecular flexibility index (Phi) is 2.91. The maximum atomic E-state index is 8.89. The van der Waals surface area contributed by atoms with Crippen LogP contribution < -0.4 is 5.32 Å². The summed E-state index contributed by atoms with van der Waals surface area (Å²) in [5.74, 6) is 0. The van der Waals surface area contributed by atoms with Gasteiger partial charge in [-0.2, -0.15) is 5.26 Å². The molecule has 1 heterocycles. The SMILES string of the molecule is CNC1CCCc2cn(CC3(CC#N)CC3)cc21. The van der Waals surface area contributed by atoms with Crippen LogP contribution >= 0.6 is 0 Å². The lowest BCUT2D eigenvalue weighted by atomic mass is 9.91. The highest BCUT2D eigenvalue weighted by Crippen LogP contribution is 2.50. The van der Waals surface area contributed by atoms with Crippen molar-refractivity contribution in [3.05, 3.63) is 23.5 Å². The predicted molar refractivity (Wildman–Crippen MR) is 71.1 cm³/mol. The Bertz CT molecular complexity index is 476. The zero-order valence-electron chi connectivity index (χ0n) is 11.1. The normalized spacial score (nSPS) is 24.3. The monoisotopic (exact) mass is 243 g/mol. The summed E-state index contributed by atoms with van der Waals surface area (Å²) >= 11 is 0. The topological polar surface area (TPSA) is 40.8 Å². The summed E-state index contributed by atoms with van der Waals surface area (Å²) in [6.45, 7) is 1.03. The van der Waals surface area contributed by atoms with Gasteiger partial charge in [0.25, 0.3) is 0 Å². The van der Waals surface area contributed by atoms with Crippen LogP contribution in [0.15, 0.2) is 12.4 Å². The van der Waals surface area contributed by atoms with Gasteiger partial charge < -0.3 is 9.88 Å². The standard InChI is InChI=1S/C15H21N3/c1-17-14-4-2-3-12-9-18(10-13(12)14)11-15(5-6-15)7-8-16/h9-10,14,17H,2-7,11H2,1H3. The summed E-state index contributed by atoms with van der Waals surface area (Å²) in [5.41, 5.74) is 3.29. The third kappa shape index (κ3) is 2.06. The summed E-state index contributed by atoms with van der Waals surface area (Å²) in [6.07, 6.45) is 11.5. The summed E-state index contributed by atoms with van der Waals surface area (Å²) < 4.78 is 2.34. The van der Waals surface area contributed by atoms with Gasteiger partial charge in [-0.25, -0.2) is 0 Å². The van der Waals surface area contributed by atoms with Gasteiger partial charge in [0.05, 0.1) is 6.07 Å². The molecule has 1 unspecified atom stereocenters. The van der Waals surface area contributed by atoms with Gasteiger partial charge in [-0.15, -0.1) is 0 Å². The molecule has 1 aromatic rings. The van der Waals surface area contributed by atoms with Gasteiger partial charge >= 0.3 is 0 Å². The zero-order chi connectivity index (χ0) is 12.6. The molecule has 1 aromatic heterocycles. The van der Waals surface area contributed by atoms with Gasteiger partial charge in [0.15, 0.2) is 0 Å². The van der Waals surface area contributed by atoms with Crippen molar-refractivity contribution in [1.82, 2.24) is 9.88 Å². The first-order valence-electron chi connectivity index (χ1n) is 6.99. The fraction of sp³-hybridized carbons (Fsp3) is 0.667. The first-order valence-corrected chi connectivity index (χ1v) is 6.99. The van der Waals surface area contributed by atoms with Crippen molar-refractivity contribution < 1.29 is 0 Å². The molecule has 2 aliphatic rings. The molecule has 1 saturated carbocycles. The largest absolute Gasteiger partial charge is 0.353 e. The van der Waals surface area contributed by atoms with Gasteiger partial charge in [-0.3, -0.25) is 0 Å². The summed E-state index contributed by atoms with van der Waals surface area (Å²) in [7, 11) is 2.05. The predicted octanol–water partition coefficient (Wildman–Crippen LogP) is 2.78. The van der Waals surface area contributed by atoms with E-state index < -0.39 is 0 Å². The zero-order valence-corrected chi connectivity index (χ0v) is 11.1. The molecule has 0 aromatic carbocycles. The molecule has 96 valence electrons. The van der Waals surface area contributed by atoms with Crippen LogP contribution in [-0.4, -0.2) is 11.6 Å². The Hall–Kier alpha value is -1.27. The number of fused-ring (bicyclic) bond motifs is 1. The number of nitrogens with one attached hydrogen (secondary N) is 1. The van der Waals surface area contributed by atoms with Crippen molar-refractivity contribution >= 4 is 0 Å². The Labute approximate surface area is 109 Å². The molecule has 2 aliphatic carbocycles. The van der Waals surface area contributed by atoms with Crippen LogP contribution in [0.25, 0.3) is 0 Å². The van der Waals surface area contributed by atoms with Gasteiger partial charge in [-0.1, -0.05) is 0 Å². The Morgan fingerprint density at radius 3 is 3.00 bits per heavy atom. The Balaban J connectivity index is 1.79. The van der Waals surface area contributed by atoms with Crippen molar-refractivity contribution in [3.8, 4) is 6.07 Å². The highest BCUT2D eigenvalue weighted by Gasteiger charge is 2.42. The van der Waals surface area contributed by atoms with Crippen molar-refractivity contribution in [1.29, 1.82) is 5.26 Å². The van der Waals surface area contributed by atoms with Crippen LogP contribution in [0.4, 0.5) is 0 Å². The third-order valence-corrected chi connectivity index (χ3v) is 4.59. The Morgan fingerprint density at radius 1 is 1.50 bits per heavy atom. The first kappa shape index (κ1) is 11.8. The number of aromatic nitrogens is 1. The lowest BCUT2D eigenvalue weighted by Crippen LogP contribution is -2.20. The van der Waals surface area contributed by atoms with E-state index in [9.17, 15) is 0 Å². The fourth-order valence-electron chi connectivity index (χ4n) is 3.26. The van der Waals surface area contributed by atoms with Crippen LogP contribution in [0.5, 0.6) is 0 Å². The second-order valence-corrected chi connectivity index (χ2v) is 5.98. The fourth-order valence-corrected chi connectivity index (χ4v) is 3.26. The second-order valence-electron chi connectivity index (χ2n) is 5.98. The highest BCUT2D eigenvalue weighted by molar-refractivity contribution is 5.30. The molecule has 3 heteroatoms. The number of rotatable bonds is 4. The van der Waals surface area contributed by atoms with E-state index in [-0.39, 0.29) is 0 Å². The van der Waals surface area contributed by atoms with E-state index in [4.69, 9.17) is 5.26 Å². The van der Waals surface area contributed by atoms with Gasteiger partial charge in [0.2, 0.25) is 0 Å². The van der Waals surface area contributed by atoms with Crippen molar-refractivity contribution in [2.45, 2.75) is 51.1 Å². The smallest absolute Gasteiger partial charge is 0.0628 e. The van der Waals surface area contributed by atoms with Crippen LogP contribution in [0.2, 0.25) is 0 Å². The first-order chi connectivity index (χ1) is 8.76. The van der Waals surface area contributed by atoms with Crippen LogP contribution in [0.3, 0.4) is 0 Å². The molecular formula is C15H21N3. The lowest BCUT2D eigenvalue weighted by Gasteiger charge is -2.21. The van der Waals surface area contributed by atoms with Crippen LogP contribution in [0.1, 0.15) is 49.3 Å². The van der Waals surface area contributed by atoms with E-state index in [0.717, 1.165) is 6.54 Å². The number of aryl methyl sites for hydroxylation is 1. The molecular weight excluding hydrogens is 222 g/mol. The molecule has 3 nitrogen and oxygen atoms in total. The molecule has 18 heavy (non-hydrogen) atoms. The minimum atomic E-state index is 0.297. The lowest BCUT2D eigenvalue weighted by molar-refractivity contribution is 0.431. The number of hydrogen-bond acceptors (Lipinski definition) is 2.